The van der Waals surface area contributed by atoms with E-state index >= 15 is 0 Å². The number of piperidine rings is 1. The molecule has 5 heteroatoms. The van der Waals surface area contributed by atoms with E-state index in [0.717, 1.165) is 31.8 Å². The quantitative estimate of drug-likeness (QED) is 0.830. The Morgan fingerprint density at radius 3 is 3.00 bits per heavy atom. The molecule has 1 aliphatic rings. The molecule has 0 bridgehead atoms. The Balaban J connectivity index is 1.95. The van der Waals surface area contributed by atoms with Gasteiger partial charge in [-0.05, 0) is 19.4 Å². The maximum atomic E-state index is 9.36. The molecule has 1 saturated heterocycles. The van der Waals surface area contributed by atoms with Gasteiger partial charge in [-0.3, -0.25) is 4.90 Å². The van der Waals surface area contributed by atoms with Crippen molar-refractivity contribution in [1.82, 2.24) is 15.0 Å². The van der Waals surface area contributed by atoms with E-state index in [4.69, 9.17) is 4.52 Å². The first-order chi connectivity index (χ1) is 7.61. The van der Waals surface area contributed by atoms with Crippen molar-refractivity contribution in [1.29, 1.82) is 0 Å². The highest BCUT2D eigenvalue weighted by molar-refractivity contribution is 4.88. The third kappa shape index (κ3) is 2.59. The van der Waals surface area contributed by atoms with Gasteiger partial charge in [-0.25, -0.2) is 0 Å². The molecule has 2 heterocycles. The molecule has 0 unspecified atom stereocenters. The number of aliphatic hydroxyl groups is 1. The lowest BCUT2D eigenvalue weighted by molar-refractivity contribution is 0.0414. The first-order valence-corrected chi connectivity index (χ1v) is 5.74. The molecule has 0 aliphatic carbocycles. The average Bonchev–Trinajstić information content (AvgIpc) is 2.64. The molecule has 1 aromatic heterocycles. The van der Waals surface area contributed by atoms with Gasteiger partial charge in [0.15, 0.2) is 5.82 Å². The van der Waals surface area contributed by atoms with Gasteiger partial charge in [-0.1, -0.05) is 12.1 Å². The van der Waals surface area contributed by atoms with E-state index in [9.17, 15) is 5.11 Å². The summed E-state index contributed by atoms with van der Waals surface area (Å²) in [7, 11) is 0. The molecular formula is C11H19N3O2. The third-order valence-electron chi connectivity index (χ3n) is 3.18. The van der Waals surface area contributed by atoms with E-state index < -0.39 is 0 Å². The van der Waals surface area contributed by atoms with Gasteiger partial charge in [0.1, 0.15) is 0 Å². The van der Waals surface area contributed by atoms with Crippen LogP contribution >= 0.6 is 0 Å². The van der Waals surface area contributed by atoms with Crippen molar-refractivity contribution < 1.29 is 9.63 Å². The van der Waals surface area contributed by atoms with E-state index in [2.05, 4.69) is 22.0 Å². The lowest BCUT2D eigenvalue weighted by Crippen LogP contribution is -2.43. The summed E-state index contributed by atoms with van der Waals surface area (Å²) in [6.07, 6.45) is 2.21. The Kier molecular flexibility index (Phi) is 3.25. The molecular weight excluding hydrogens is 206 g/mol. The fraction of sp³-hybridized carbons (Fsp3) is 0.818. The molecule has 1 N–H and O–H groups in total. The molecule has 0 amide bonds. The summed E-state index contributed by atoms with van der Waals surface area (Å²) in [6.45, 7) is 6.83. The molecule has 0 spiro atoms. The van der Waals surface area contributed by atoms with Crippen LogP contribution in [0.5, 0.6) is 0 Å². The fourth-order valence-corrected chi connectivity index (χ4v) is 2.30. The van der Waals surface area contributed by atoms with Crippen LogP contribution in [0.2, 0.25) is 0 Å². The first-order valence-electron chi connectivity index (χ1n) is 5.74. The van der Waals surface area contributed by atoms with Crippen molar-refractivity contribution in [2.75, 3.05) is 19.7 Å². The van der Waals surface area contributed by atoms with Crippen molar-refractivity contribution in [2.45, 2.75) is 33.2 Å². The standard InChI is InChI=1S/C11H19N3O2/c1-9-12-10(13-16-9)6-14-5-3-4-11(2,7-14)8-15/h15H,3-8H2,1-2H3/t11-/m1/s1. The molecule has 1 atom stereocenters. The van der Waals surface area contributed by atoms with Gasteiger partial charge in [0.25, 0.3) is 0 Å². The van der Waals surface area contributed by atoms with Crippen LogP contribution in [-0.2, 0) is 6.54 Å². The second-order valence-corrected chi connectivity index (χ2v) is 5.01. The topological polar surface area (TPSA) is 62.4 Å². The summed E-state index contributed by atoms with van der Waals surface area (Å²) in [5.41, 5.74) is 0.0248. The zero-order valence-electron chi connectivity index (χ0n) is 9.94. The van der Waals surface area contributed by atoms with Gasteiger partial charge in [-0.15, -0.1) is 0 Å². The molecule has 2 rings (SSSR count). The molecule has 1 fully saturated rings. The van der Waals surface area contributed by atoms with Crippen molar-refractivity contribution >= 4 is 0 Å². The van der Waals surface area contributed by atoms with Gasteiger partial charge in [-0.2, -0.15) is 4.98 Å². The Morgan fingerprint density at radius 2 is 2.38 bits per heavy atom. The number of aromatic nitrogens is 2. The summed E-state index contributed by atoms with van der Waals surface area (Å²) in [5, 5.41) is 13.3. The van der Waals surface area contributed by atoms with Crippen LogP contribution in [0.4, 0.5) is 0 Å². The number of aliphatic hydroxyl groups excluding tert-OH is 1. The number of hydrogen-bond acceptors (Lipinski definition) is 5. The third-order valence-corrected chi connectivity index (χ3v) is 3.18. The minimum atomic E-state index is 0.0248. The smallest absolute Gasteiger partial charge is 0.223 e. The summed E-state index contributed by atoms with van der Waals surface area (Å²) in [4.78, 5) is 6.48. The molecule has 0 saturated carbocycles. The maximum absolute atomic E-state index is 9.36. The highest BCUT2D eigenvalue weighted by Gasteiger charge is 2.30. The van der Waals surface area contributed by atoms with Crippen molar-refractivity contribution in [3.63, 3.8) is 0 Å². The molecule has 1 aliphatic heterocycles. The van der Waals surface area contributed by atoms with Crippen LogP contribution in [0.25, 0.3) is 0 Å². The van der Waals surface area contributed by atoms with Gasteiger partial charge in [0.2, 0.25) is 5.89 Å². The first kappa shape index (κ1) is 11.5. The predicted molar refractivity (Wildman–Crippen MR) is 58.7 cm³/mol. The van der Waals surface area contributed by atoms with Gasteiger partial charge >= 0.3 is 0 Å². The number of likely N-dealkylation sites (tertiary alicyclic amines) is 1. The number of nitrogens with zero attached hydrogens (tertiary/aromatic N) is 3. The highest BCUT2D eigenvalue weighted by atomic mass is 16.5. The zero-order chi connectivity index (χ0) is 11.6. The minimum Gasteiger partial charge on any atom is -0.396 e. The molecule has 5 nitrogen and oxygen atoms in total. The Hall–Kier alpha value is -0.940. The van der Waals surface area contributed by atoms with E-state index in [-0.39, 0.29) is 12.0 Å². The van der Waals surface area contributed by atoms with Crippen molar-refractivity contribution in [3.8, 4) is 0 Å². The molecule has 1 aromatic rings. The minimum absolute atomic E-state index is 0.0248. The summed E-state index contributed by atoms with van der Waals surface area (Å²) in [5.74, 6) is 1.34. The normalized spacial score (nSPS) is 27.2. The Morgan fingerprint density at radius 1 is 1.56 bits per heavy atom. The van der Waals surface area contributed by atoms with Crippen molar-refractivity contribution in [2.24, 2.45) is 5.41 Å². The fourth-order valence-electron chi connectivity index (χ4n) is 2.30. The summed E-state index contributed by atoms with van der Waals surface area (Å²) < 4.78 is 4.95. The number of rotatable bonds is 3. The van der Waals surface area contributed by atoms with Crippen LogP contribution < -0.4 is 0 Å². The van der Waals surface area contributed by atoms with Crippen LogP contribution in [0.15, 0.2) is 4.52 Å². The van der Waals surface area contributed by atoms with Gasteiger partial charge in [0.05, 0.1) is 6.54 Å². The largest absolute Gasteiger partial charge is 0.396 e. The van der Waals surface area contributed by atoms with Crippen molar-refractivity contribution in [3.05, 3.63) is 11.7 Å². The predicted octanol–water partition coefficient (Wildman–Crippen LogP) is 0.972. The van der Waals surface area contributed by atoms with E-state index in [1.807, 2.05) is 0 Å². The van der Waals surface area contributed by atoms with Crippen LogP contribution in [0.3, 0.4) is 0 Å². The summed E-state index contributed by atoms with van der Waals surface area (Å²) >= 11 is 0. The number of aryl methyl sites for hydroxylation is 1. The highest BCUT2D eigenvalue weighted by Crippen LogP contribution is 2.29. The maximum Gasteiger partial charge on any atom is 0.223 e. The lowest BCUT2D eigenvalue weighted by Gasteiger charge is -2.38. The Labute approximate surface area is 95.4 Å². The SMILES string of the molecule is Cc1nc(CN2CCC[C@@](C)(CO)C2)no1. The monoisotopic (exact) mass is 225 g/mol. The summed E-state index contributed by atoms with van der Waals surface area (Å²) in [6, 6.07) is 0. The second-order valence-electron chi connectivity index (χ2n) is 5.01. The van der Waals surface area contributed by atoms with E-state index in [1.54, 1.807) is 6.92 Å². The van der Waals surface area contributed by atoms with Gasteiger partial charge in [0, 0.05) is 25.5 Å². The van der Waals surface area contributed by atoms with E-state index in [0.29, 0.717) is 12.4 Å². The Bertz CT molecular complexity index is 353. The van der Waals surface area contributed by atoms with Crippen LogP contribution in [0.1, 0.15) is 31.5 Å². The molecule has 0 radical (unpaired) electrons. The van der Waals surface area contributed by atoms with Gasteiger partial charge < -0.3 is 9.63 Å². The molecule has 16 heavy (non-hydrogen) atoms. The number of hydrogen-bond donors (Lipinski definition) is 1. The average molecular weight is 225 g/mol. The van der Waals surface area contributed by atoms with E-state index in [1.165, 1.54) is 0 Å². The van der Waals surface area contributed by atoms with Crippen LogP contribution in [0, 0.1) is 12.3 Å². The van der Waals surface area contributed by atoms with Crippen LogP contribution in [-0.4, -0.2) is 39.8 Å². The second kappa shape index (κ2) is 4.51. The zero-order valence-corrected chi connectivity index (χ0v) is 9.94. The molecule has 90 valence electrons. The molecule has 0 aromatic carbocycles. The lowest BCUT2D eigenvalue weighted by atomic mass is 9.83.